The maximum Gasteiger partial charge on any atom is 0.329 e. The van der Waals surface area contributed by atoms with Crippen LogP contribution in [0, 0.1) is 5.82 Å². The van der Waals surface area contributed by atoms with E-state index in [0.717, 1.165) is 13.1 Å². The Balaban J connectivity index is 1.49. The number of likely N-dealkylation sites (N-methyl/N-ethyl adjacent to an activating group) is 2. The Hall–Kier alpha value is -4.81. The summed E-state index contributed by atoms with van der Waals surface area (Å²) in [5, 5.41) is 13.8. The molecule has 0 atom stereocenters. The number of fused-ring (bicyclic) bond motifs is 1. The molecule has 0 radical (unpaired) electrons. The number of nitrogens with one attached hydrogen (secondary N) is 1. The van der Waals surface area contributed by atoms with E-state index < -0.39 is 5.82 Å². The number of halogens is 1. The lowest BCUT2D eigenvalue weighted by atomic mass is 10.1. The molecule has 2 aromatic carbocycles. The molecular weight excluding hydrogens is 563 g/mol. The number of hydrogen-bond donors (Lipinski definition) is 2. The van der Waals surface area contributed by atoms with Gasteiger partial charge in [-0.15, -0.1) is 0 Å². The number of hydrogen-bond acceptors (Lipinski definition) is 7. The molecule has 2 saturated heterocycles. The highest BCUT2D eigenvalue weighted by Crippen LogP contribution is 2.39. The van der Waals surface area contributed by atoms with Gasteiger partial charge in [0, 0.05) is 69.5 Å². The summed E-state index contributed by atoms with van der Waals surface area (Å²) in [6.07, 6.45) is 3.11. The highest BCUT2D eigenvalue weighted by atomic mass is 19.1. The van der Waals surface area contributed by atoms with E-state index in [2.05, 4.69) is 20.1 Å². The molecule has 12 heteroatoms. The standard InChI is InChI=1S/C32H35FN8O3/c1-37-11-15-39(16-12-37)31(43)36-28-21-34-10-9-29(28)41(32(44)40-17-13-38(2)14-18-40)30-20-27(24-19-22(42)7-8-25(24)33)35-26-6-4-3-5-23(26)30/h3-10,19-21,42H,11-18H2,1-2H3,(H,36,43). The molecule has 0 aliphatic carbocycles. The third-order valence-corrected chi connectivity index (χ3v) is 8.20. The van der Waals surface area contributed by atoms with Crippen molar-refractivity contribution in [2.45, 2.75) is 0 Å². The number of amides is 4. The Bertz CT molecular complexity index is 1690. The second kappa shape index (κ2) is 12.4. The average molecular weight is 599 g/mol. The van der Waals surface area contributed by atoms with Crippen molar-refractivity contribution in [3.05, 3.63) is 72.8 Å². The van der Waals surface area contributed by atoms with Crippen LogP contribution in [-0.4, -0.2) is 113 Å². The number of rotatable bonds is 4. The molecule has 44 heavy (non-hydrogen) atoms. The van der Waals surface area contributed by atoms with Crippen LogP contribution in [0.5, 0.6) is 5.75 Å². The number of para-hydroxylation sites is 1. The molecule has 228 valence electrons. The highest BCUT2D eigenvalue weighted by molar-refractivity contribution is 6.10. The quantitative estimate of drug-likeness (QED) is 0.358. The van der Waals surface area contributed by atoms with E-state index in [9.17, 15) is 14.7 Å². The molecule has 4 aromatic rings. The van der Waals surface area contributed by atoms with Crippen molar-refractivity contribution in [2.24, 2.45) is 0 Å². The largest absolute Gasteiger partial charge is 0.508 e. The first-order valence-corrected chi connectivity index (χ1v) is 14.6. The third kappa shape index (κ3) is 5.99. The second-order valence-corrected chi connectivity index (χ2v) is 11.2. The van der Waals surface area contributed by atoms with Gasteiger partial charge in [-0.25, -0.2) is 19.0 Å². The van der Waals surface area contributed by atoms with Gasteiger partial charge in [0.05, 0.1) is 34.5 Å². The summed E-state index contributed by atoms with van der Waals surface area (Å²) in [5.41, 5.74) is 2.13. The van der Waals surface area contributed by atoms with E-state index in [1.807, 2.05) is 32.3 Å². The number of aromatic hydroxyl groups is 1. The van der Waals surface area contributed by atoms with Crippen LogP contribution in [0.1, 0.15) is 0 Å². The van der Waals surface area contributed by atoms with Crippen LogP contribution in [0.25, 0.3) is 22.2 Å². The van der Waals surface area contributed by atoms with E-state index >= 15 is 4.39 Å². The average Bonchev–Trinajstić information content (AvgIpc) is 3.03. The van der Waals surface area contributed by atoms with E-state index in [1.54, 1.807) is 39.1 Å². The fraction of sp³-hybridized carbons (Fsp3) is 0.312. The van der Waals surface area contributed by atoms with Crippen LogP contribution in [0.3, 0.4) is 0 Å². The van der Waals surface area contributed by atoms with Crippen molar-refractivity contribution >= 4 is 40.0 Å². The summed E-state index contributed by atoms with van der Waals surface area (Å²) in [5.74, 6) is -0.663. The van der Waals surface area contributed by atoms with E-state index in [1.165, 1.54) is 24.4 Å². The molecule has 0 unspecified atom stereocenters. The van der Waals surface area contributed by atoms with Gasteiger partial charge >= 0.3 is 12.1 Å². The highest BCUT2D eigenvalue weighted by Gasteiger charge is 2.31. The Morgan fingerprint density at radius 2 is 1.55 bits per heavy atom. The fourth-order valence-corrected chi connectivity index (χ4v) is 5.55. The summed E-state index contributed by atoms with van der Waals surface area (Å²) in [7, 11) is 4.03. The number of aromatic nitrogens is 2. The molecule has 2 aromatic heterocycles. The number of anilines is 3. The first-order valence-electron chi connectivity index (χ1n) is 14.6. The molecule has 11 nitrogen and oxygen atoms in total. The molecule has 6 rings (SSSR count). The number of phenols is 1. The van der Waals surface area contributed by atoms with Crippen LogP contribution in [0.2, 0.25) is 0 Å². The topological polar surface area (TPSA) is 108 Å². The van der Waals surface area contributed by atoms with Gasteiger partial charge in [-0.1, -0.05) is 18.2 Å². The van der Waals surface area contributed by atoms with Gasteiger partial charge in [0.15, 0.2) is 0 Å². The van der Waals surface area contributed by atoms with Crippen molar-refractivity contribution in [1.82, 2.24) is 29.6 Å². The minimum absolute atomic E-state index is 0.0994. The maximum absolute atomic E-state index is 15.1. The molecule has 4 amide bonds. The van der Waals surface area contributed by atoms with Gasteiger partial charge in [0.1, 0.15) is 11.6 Å². The monoisotopic (exact) mass is 598 g/mol. The lowest BCUT2D eigenvalue weighted by molar-refractivity contribution is 0.161. The van der Waals surface area contributed by atoms with Crippen molar-refractivity contribution in [1.29, 1.82) is 0 Å². The van der Waals surface area contributed by atoms with Crippen molar-refractivity contribution in [3.8, 4) is 17.0 Å². The number of carbonyl (C=O) groups excluding carboxylic acids is 2. The number of nitrogens with zero attached hydrogens (tertiary/aromatic N) is 7. The fourth-order valence-electron chi connectivity index (χ4n) is 5.55. The van der Waals surface area contributed by atoms with E-state index in [-0.39, 0.29) is 29.1 Å². The van der Waals surface area contributed by atoms with Gasteiger partial charge < -0.3 is 30.0 Å². The van der Waals surface area contributed by atoms with Gasteiger partial charge in [-0.3, -0.25) is 9.88 Å². The van der Waals surface area contributed by atoms with Crippen molar-refractivity contribution < 1.29 is 19.1 Å². The summed E-state index contributed by atoms with van der Waals surface area (Å²) in [6, 6.07) is 13.9. The molecule has 0 bridgehead atoms. The zero-order valence-corrected chi connectivity index (χ0v) is 24.8. The number of urea groups is 2. The minimum atomic E-state index is -0.558. The smallest absolute Gasteiger partial charge is 0.329 e. The van der Waals surface area contributed by atoms with Crippen molar-refractivity contribution in [3.63, 3.8) is 0 Å². The molecule has 4 heterocycles. The normalized spacial score (nSPS) is 16.2. The van der Waals surface area contributed by atoms with Crippen molar-refractivity contribution in [2.75, 3.05) is 76.7 Å². The van der Waals surface area contributed by atoms with Crippen LogP contribution >= 0.6 is 0 Å². The molecule has 2 fully saturated rings. The van der Waals surface area contributed by atoms with Crippen LogP contribution < -0.4 is 10.2 Å². The second-order valence-electron chi connectivity index (χ2n) is 11.2. The molecular formula is C32H35FN8O3. The number of carbonyl (C=O) groups is 2. The lowest BCUT2D eigenvalue weighted by Gasteiger charge is -2.37. The van der Waals surface area contributed by atoms with Crippen LogP contribution in [0.4, 0.5) is 31.0 Å². The van der Waals surface area contributed by atoms with E-state index in [4.69, 9.17) is 4.98 Å². The number of benzene rings is 2. The Kier molecular flexibility index (Phi) is 8.27. The maximum atomic E-state index is 15.1. The predicted octanol–water partition coefficient (Wildman–Crippen LogP) is 4.43. The number of pyridine rings is 2. The van der Waals surface area contributed by atoms with Gasteiger partial charge in [0.25, 0.3) is 0 Å². The summed E-state index contributed by atoms with van der Waals surface area (Å²) >= 11 is 0. The van der Waals surface area contributed by atoms with Crippen LogP contribution in [-0.2, 0) is 0 Å². The molecule has 0 spiro atoms. The van der Waals surface area contributed by atoms with Gasteiger partial charge in [-0.05, 0) is 50.5 Å². The summed E-state index contributed by atoms with van der Waals surface area (Å²) in [4.78, 5) is 46.3. The van der Waals surface area contributed by atoms with E-state index in [0.29, 0.717) is 67.2 Å². The lowest BCUT2D eigenvalue weighted by Crippen LogP contribution is -2.51. The Labute approximate surface area is 255 Å². The predicted molar refractivity (Wildman–Crippen MR) is 168 cm³/mol. The minimum Gasteiger partial charge on any atom is -0.508 e. The molecule has 0 saturated carbocycles. The molecule has 2 aliphatic heterocycles. The summed E-state index contributed by atoms with van der Waals surface area (Å²) < 4.78 is 15.1. The number of phenolic OH excluding ortho intramolecular Hbond substituents is 1. The van der Waals surface area contributed by atoms with Crippen LogP contribution in [0.15, 0.2) is 67.0 Å². The Morgan fingerprint density at radius 3 is 2.27 bits per heavy atom. The number of piperazine rings is 2. The Morgan fingerprint density at radius 1 is 0.864 bits per heavy atom. The first kappa shape index (κ1) is 29.3. The zero-order valence-electron chi connectivity index (χ0n) is 24.8. The molecule has 2 aliphatic rings. The SMILES string of the molecule is CN1CCN(C(=O)Nc2cnccc2N(C(=O)N2CCN(C)CC2)c2cc(-c3cc(O)ccc3F)nc3ccccc23)CC1. The van der Waals surface area contributed by atoms with Gasteiger partial charge in [0.2, 0.25) is 0 Å². The zero-order chi connectivity index (χ0) is 30.8. The summed E-state index contributed by atoms with van der Waals surface area (Å²) in [6.45, 7) is 5.12. The first-order chi connectivity index (χ1) is 21.3. The third-order valence-electron chi connectivity index (χ3n) is 8.20. The van der Waals surface area contributed by atoms with Gasteiger partial charge in [-0.2, -0.15) is 0 Å². The molecule has 2 N–H and O–H groups in total.